The Morgan fingerprint density at radius 3 is 3.28 bits per heavy atom. The predicted octanol–water partition coefficient (Wildman–Crippen LogP) is 1.43. The molecule has 1 aromatic rings. The molecular weight excluding hydrogens is 248 g/mol. The fourth-order valence-corrected chi connectivity index (χ4v) is 3.28. The summed E-state index contributed by atoms with van der Waals surface area (Å²) in [7, 11) is 1.66. The molecule has 4 nitrogen and oxygen atoms in total. The molecule has 1 amide bonds. The lowest BCUT2D eigenvalue weighted by Gasteiger charge is -2.33. The summed E-state index contributed by atoms with van der Waals surface area (Å²) in [5.41, 5.74) is 1.32. The number of rotatable bonds is 5. The summed E-state index contributed by atoms with van der Waals surface area (Å²) < 4.78 is 4.94. The minimum atomic E-state index is 0.176. The van der Waals surface area contributed by atoms with Crippen LogP contribution < -0.4 is 5.32 Å². The molecule has 1 atom stereocenters. The van der Waals surface area contributed by atoms with E-state index in [2.05, 4.69) is 23.7 Å². The number of methoxy groups -OCH3 is 1. The van der Waals surface area contributed by atoms with Crippen molar-refractivity contribution in [3.05, 3.63) is 21.9 Å². The van der Waals surface area contributed by atoms with Crippen LogP contribution in [0.3, 0.4) is 0 Å². The van der Waals surface area contributed by atoms with Crippen LogP contribution in [0, 0.1) is 0 Å². The topological polar surface area (TPSA) is 41.6 Å². The smallest absolute Gasteiger partial charge is 0.237 e. The lowest BCUT2D eigenvalue weighted by Crippen LogP contribution is -2.43. The van der Waals surface area contributed by atoms with Crippen molar-refractivity contribution in [3.63, 3.8) is 0 Å². The van der Waals surface area contributed by atoms with Gasteiger partial charge in [0, 0.05) is 25.1 Å². The van der Waals surface area contributed by atoms with E-state index < -0.39 is 0 Å². The van der Waals surface area contributed by atoms with E-state index in [9.17, 15) is 4.79 Å². The molecule has 1 aliphatic heterocycles. The zero-order chi connectivity index (χ0) is 13.0. The second-order valence-corrected chi connectivity index (χ2v) is 5.48. The molecule has 1 N–H and O–H groups in total. The molecule has 1 aliphatic rings. The Labute approximate surface area is 112 Å². The zero-order valence-electron chi connectivity index (χ0n) is 10.9. The van der Waals surface area contributed by atoms with Gasteiger partial charge in [0.25, 0.3) is 0 Å². The van der Waals surface area contributed by atoms with Gasteiger partial charge in [0.1, 0.15) is 0 Å². The van der Waals surface area contributed by atoms with Gasteiger partial charge in [-0.3, -0.25) is 4.79 Å². The van der Waals surface area contributed by atoms with Crippen molar-refractivity contribution in [3.8, 4) is 0 Å². The summed E-state index contributed by atoms with van der Waals surface area (Å²) in [5, 5.41) is 5.23. The number of carbonyl (C=O) groups excluding carboxylic acids is 1. The molecule has 1 aromatic heterocycles. The normalized spacial score (nSPS) is 18.8. The molecule has 5 heteroatoms. The van der Waals surface area contributed by atoms with Gasteiger partial charge < -0.3 is 15.0 Å². The summed E-state index contributed by atoms with van der Waals surface area (Å²) in [6, 6.07) is 2.35. The Hall–Kier alpha value is -0.910. The molecule has 18 heavy (non-hydrogen) atoms. The average molecular weight is 268 g/mol. The van der Waals surface area contributed by atoms with Crippen molar-refractivity contribution in [2.24, 2.45) is 0 Å². The van der Waals surface area contributed by atoms with Gasteiger partial charge in [0.2, 0.25) is 5.91 Å². The summed E-state index contributed by atoms with van der Waals surface area (Å²) in [4.78, 5) is 15.5. The molecular formula is C13H20N2O2S. The fourth-order valence-electron chi connectivity index (χ4n) is 2.32. The number of hydrogen-bond acceptors (Lipinski definition) is 4. The van der Waals surface area contributed by atoms with Gasteiger partial charge in [-0.15, -0.1) is 11.3 Å². The van der Waals surface area contributed by atoms with E-state index in [1.165, 1.54) is 10.4 Å². The Bertz CT molecular complexity index is 405. The van der Waals surface area contributed by atoms with E-state index in [0.717, 1.165) is 13.0 Å². The standard InChI is InChI=1S/C13H20N2O2S/c1-10-11-4-8-18-12(11)3-6-15(10)13(16)9-14-5-7-17-2/h4,8,10,14H,3,5-7,9H2,1-2H3. The largest absolute Gasteiger partial charge is 0.383 e. The van der Waals surface area contributed by atoms with E-state index in [4.69, 9.17) is 4.74 Å². The van der Waals surface area contributed by atoms with Crippen LogP contribution in [0.2, 0.25) is 0 Å². The second-order valence-electron chi connectivity index (χ2n) is 4.48. The first kappa shape index (κ1) is 13.5. The predicted molar refractivity (Wildman–Crippen MR) is 72.9 cm³/mol. The van der Waals surface area contributed by atoms with Gasteiger partial charge >= 0.3 is 0 Å². The van der Waals surface area contributed by atoms with Crippen molar-refractivity contribution >= 4 is 17.2 Å². The van der Waals surface area contributed by atoms with Crippen LogP contribution >= 0.6 is 11.3 Å². The third kappa shape index (κ3) is 2.91. The SMILES string of the molecule is COCCNCC(=O)N1CCc2sccc2C1C. The molecule has 2 rings (SSSR count). The van der Waals surface area contributed by atoms with E-state index >= 15 is 0 Å². The molecule has 0 spiro atoms. The van der Waals surface area contributed by atoms with Crippen molar-refractivity contribution in [1.29, 1.82) is 0 Å². The van der Waals surface area contributed by atoms with Crippen LogP contribution in [0.25, 0.3) is 0 Å². The first-order valence-electron chi connectivity index (χ1n) is 6.29. The molecule has 0 saturated carbocycles. The lowest BCUT2D eigenvalue weighted by molar-refractivity contribution is -0.132. The maximum absolute atomic E-state index is 12.1. The van der Waals surface area contributed by atoms with Gasteiger partial charge in [0.05, 0.1) is 19.2 Å². The van der Waals surface area contributed by atoms with Crippen LogP contribution in [-0.4, -0.2) is 44.2 Å². The zero-order valence-corrected chi connectivity index (χ0v) is 11.8. The van der Waals surface area contributed by atoms with Crippen LogP contribution in [0.4, 0.5) is 0 Å². The third-order valence-electron chi connectivity index (χ3n) is 3.36. The summed E-state index contributed by atoms with van der Waals surface area (Å²) in [6.45, 7) is 4.69. The van der Waals surface area contributed by atoms with Crippen LogP contribution in [-0.2, 0) is 16.0 Å². The number of fused-ring (bicyclic) bond motifs is 1. The summed E-state index contributed by atoms with van der Waals surface area (Å²) in [5.74, 6) is 0.176. The molecule has 0 bridgehead atoms. The molecule has 1 unspecified atom stereocenters. The van der Waals surface area contributed by atoms with Gasteiger partial charge in [-0.25, -0.2) is 0 Å². The van der Waals surface area contributed by atoms with Gasteiger partial charge in [0.15, 0.2) is 0 Å². The van der Waals surface area contributed by atoms with Gasteiger partial charge in [-0.2, -0.15) is 0 Å². The van der Waals surface area contributed by atoms with Crippen LogP contribution in [0.15, 0.2) is 11.4 Å². The second kappa shape index (κ2) is 6.31. The maximum atomic E-state index is 12.1. The molecule has 0 saturated heterocycles. The molecule has 0 radical (unpaired) electrons. The Balaban J connectivity index is 1.88. The number of thiophene rings is 1. The number of nitrogens with one attached hydrogen (secondary N) is 1. The van der Waals surface area contributed by atoms with Crippen molar-refractivity contribution in [2.45, 2.75) is 19.4 Å². The summed E-state index contributed by atoms with van der Waals surface area (Å²) >= 11 is 1.80. The average Bonchev–Trinajstić information content (AvgIpc) is 2.84. The van der Waals surface area contributed by atoms with E-state index in [0.29, 0.717) is 19.7 Å². The fraction of sp³-hybridized carbons (Fsp3) is 0.615. The third-order valence-corrected chi connectivity index (χ3v) is 4.35. The van der Waals surface area contributed by atoms with E-state index in [-0.39, 0.29) is 11.9 Å². The number of amides is 1. The highest BCUT2D eigenvalue weighted by Crippen LogP contribution is 2.32. The van der Waals surface area contributed by atoms with E-state index in [1.54, 1.807) is 18.4 Å². The number of nitrogens with zero attached hydrogens (tertiary/aromatic N) is 1. The highest BCUT2D eigenvalue weighted by atomic mass is 32.1. The van der Waals surface area contributed by atoms with Crippen LogP contribution in [0.1, 0.15) is 23.4 Å². The number of hydrogen-bond donors (Lipinski definition) is 1. The Morgan fingerprint density at radius 1 is 1.67 bits per heavy atom. The maximum Gasteiger partial charge on any atom is 0.237 e. The van der Waals surface area contributed by atoms with E-state index in [1.807, 2.05) is 4.90 Å². The molecule has 0 aromatic carbocycles. The molecule has 2 heterocycles. The van der Waals surface area contributed by atoms with Gasteiger partial charge in [-0.05, 0) is 30.4 Å². The van der Waals surface area contributed by atoms with Crippen LogP contribution in [0.5, 0.6) is 0 Å². The highest BCUT2D eigenvalue weighted by Gasteiger charge is 2.27. The quantitative estimate of drug-likeness (QED) is 0.821. The van der Waals surface area contributed by atoms with Crippen molar-refractivity contribution in [1.82, 2.24) is 10.2 Å². The summed E-state index contributed by atoms with van der Waals surface area (Å²) in [6.07, 6.45) is 0.987. The van der Waals surface area contributed by atoms with Gasteiger partial charge in [-0.1, -0.05) is 0 Å². The Kier molecular flexibility index (Phi) is 4.74. The minimum Gasteiger partial charge on any atom is -0.383 e. The molecule has 100 valence electrons. The molecule has 0 fully saturated rings. The lowest BCUT2D eigenvalue weighted by atomic mass is 10.0. The first-order valence-corrected chi connectivity index (χ1v) is 7.17. The van der Waals surface area contributed by atoms with Crippen molar-refractivity contribution in [2.75, 3.05) is 33.4 Å². The highest BCUT2D eigenvalue weighted by molar-refractivity contribution is 7.10. The first-order chi connectivity index (χ1) is 8.74. The minimum absolute atomic E-state index is 0.176. The number of carbonyl (C=O) groups is 1. The number of ether oxygens (including phenoxy) is 1. The monoisotopic (exact) mass is 268 g/mol. The Morgan fingerprint density at radius 2 is 2.50 bits per heavy atom. The van der Waals surface area contributed by atoms with Crippen molar-refractivity contribution < 1.29 is 9.53 Å². The molecule has 0 aliphatic carbocycles.